The van der Waals surface area contributed by atoms with E-state index >= 15 is 0 Å². The van der Waals surface area contributed by atoms with Crippen molar-refractivity contribution in [2.45, 2.75) is 71.3 Å². The van der Waals surface area contributed by atoms with E-state index < -0.39 is 11.5 Å². The minimum atomic E-state index is -0.928. The van der Waals surface area contributed by atoms with Gasteiger partial charge >= 0.3 is 0 Å². The summed E-state index contributed by atoms with van der Waals surface area (Å²) in [6, 6.07) is 3.76. The van der Waals surface area contributed by atoms with Gasteiger partial charge < -0.3 is 9.84 Å². The maximum absolute atomic E-state index is 12.9. The molecule has 1 unspecified atom stereocenters. The summed E-state index contributed by atoms with van der Waals surface area (Å²) in [4.78, 5) is 26.5. The van der Waals surface area contributed by atoms with Crippen molar-refractivity contribution < 1.29 is 19.4 Å². The van der Waals surface area contributed by atoms with Crippen molar-refractivity contribution in [2.24, 2.45) is 5.41 Å². The third kappa shape index (κ3) is 4.20. The number of β-amino-alcohol motifs (C(OH)–C–C–N with tert-alkyl or cyclic N) is 1. The van der Waals surface area contributed by atoms with Gasteiger partial charge in [0.15, 0.2) is 0 Å². The minimum Gasteiger partial charge on any atom is -0.491 e. The van der Waals surface area contributed by atoms with Gasteiger partial charge in [-0.2, -0.15) is 0 Å². The van der Waals surface area contributed by atoms with Crippen LogP contribution in [0.5, 0.6) is 5.75 Å². The summed E-state index contributed by atoms with van der Waals surface area (Å²) in [6.45, 7) is 6.01. The molecule has 0 radical (unpaired) electrons. The molecule has 1 aliphatic carbocycles. The van der Waals surface area contributed by atoms with Crippen molar-refractivity contribution in [3.63, 3.8) is 0 Å². The summed E-state index contributed by atoms with van der Waals surface area (Å²) in [5, 5.41) is 11.1. The molecular formula is C22H30ClNO4. The molecule has 1 atom stereocenters. The Balaban J connectivity index is 1.63. The van der Waals surface area contributed by atoms with E-state index in [4.69, 9.17) is 16.3 Å². The fourth-order valence-corrected chi connectivity index (χ4v) is 4.53. The monoisotopic (exact) mass is 407 g/mol. The number of rotatable bonds is 6. The number of likely N-dealkylation sites (tertiary alicyclic amines) is 1. The predicted molar refractivity (Wildman–Crippen MR) is 109 cm³/mol. The number of carbonyl (C=O) groups excluding carboxylic acids is 2. The van der Waals surface area contributed by atoms with Crippen LogP contribution in [0, 0.1) is 12.3 Å². The number of ether oxygens (including phenoxy) is 1. The molecule has 28 heavy (non-hydrogen) atoms. The van der Waals surface area contributed by atoms with Gasteiger partial charge in [-0.25, -0.2) is 0 Å². The van der Waals surface area contributed by atoms with Gasteiger partial charge in [-0.3, -0.25) is 14.5 Å². The summed E-state index contributed by atoms with van der Waals surface area (Å²) in [7, 11) is 0. The summed E-state index contributed by atoms with van der Waals surface area (Å²) in [5.41, 5.74) is 1.35. The van der Waals surface area contributed by atoms with E-state index in [0.717, 1.165) is 43.2 Å². The van der Waals surface area contributed by atoms with Gasteiger partial charge in [0.05, 0.1) is 12.0 Å². The number of aliphatic hydroxyl groups is 1. The Bertz CT molecular complexity index is 755. The van der Waals surface area contributed by atoms with Gasteiger partial charge in [0.2, 0.25) is 11.8 Å². The molecule has 0 aromatic heterocycles. The lowest BCUT2D eigenvalue weighted by Crippen LogP contribution is -2.42. The largest absolute Gasteiger partial charge is 0.491 e. The number of halogens is 1. The number of hydrogen-bond donors (Lipinski definition) is 1. The first-order chi connectivity index (χ1) is 13.2. The highest BCUT2D eigenvalue weighted by Crippen LogP contribution is 2.45. The van der Waals surface area contributed by atoms with Crippen molar-refractivity contribution in [1.29, 1.82) is 0 Å². The van der Waals surface area contributed by atoms with E-state index in [1.165, 1.54) is 4.90 Å². The molecule has 3 rings (SSSR count). The summed E-state index contributed by atoms with van der Waals surface area (Å²) >= 11 is 6.22. The van der Waals surface area contributed by atoms with Gasteiger partial charge in [-0.05, 0) is 48.9 Å². The number of aliphatic hydroxyl groups excluding tert-OH is 1. The van der Waals surface area contributed by atoms with Crippen molar-refractivity contribution in [2.75, 3.05) is 13.2 Å². The van der Waals surface area contributed by atoms with Crippen LogP contribution in [0.15, 0.2) is 12.1 Å². The first-order valence-electron chi connectivity index (χ1n) is 10.2. The summed E-state index contributed by atoms with van der Waals surface area (Å²) in [6.07, 6.45) is 4.03. The summed E-state index contributed by atoms with van der Waals surface area (Å²) in [5.74, 6) is 0.620. The molecule has 6 heteroatoms. The molecule has 1 saturated heterocycles. The van der Waals surface area contributed by atoms with Crippen LogP contribution in [0.3, 0.4) is 0 Å². The lowest BCUT2D eigenvalue weighted by atomic mass is 9.73. The molecule has 2 aliphatic rings. The van der Waals surface area contributed by atoms with E-state index in [9.17, 15) is 14.7 Å². The maximum atomic E-state index is 12.9. The Kier molecular flexibility index (Phi) is 6.35. The smallest absolute Gasteiger partial charge is 0.235 e. The first kappa shape index (κ1) is 21.1. The first-order valence-corrected chi connectivity index (χ1v) is 10.6. The highest BCUT2D eigenvalue weighted by molar-refractivity contribution is 6.31. The van der Waals surface area contributed by atoms with Gasteiger partial charge in [-0.1, -0.05) is 44.7 Å². The van der Waals surface area contributed by atoms with Crippen molar-refractivity contribution in [3.05, 3.63) is 28.3 Å². The summed E-state index contributed by atoms with van der Waals surface area (Å²) < 4.78 is 5.86. The lowest BCUT2D eigenvalue weighted by Gasteiger charge is -2.30. The van der Waals surface area contributed by atoms with Crippen LogP contribution in [-0.4, -0.2) is 41.1 Å². The zero-order valence-corrected chi connectivity index (χ0v) is 17.7. The lowest BCUT2D eigenvalue weighted by molar-refractivity contribution is -0.144. The topological polar surface area (TPSA) is 66.8 Å². The molecular weight excluding hydrogens is 378 g/mol. The molecule has 1 heterocycles. The van der Waals surface area contributed by atoms with Gasteiger partial charge in [0, 0.05) is 11.4 Å². The molecule has 0 bridgehead atoms. The number of hydrogen-bond acceptors (Lipinski definition) is 4. The van der Waals surface area contributed by atoms with Crippen LogP contribution >= 0.6 is 11.6 Å². The van der Waals surface area contributed by atoms with Crippen LogP contribution in [-0.2, 0) is 9.59 Å². The van der Waals surface area contributed by atoms with Crippen LogP contribution in [0.4, 0.5) is 0 Å². The molecule has 1 aliphatic heterocycles. The fourth-order valence-electron chi connectivity index (χ4n) is 4.36. The Hall–Kier alpha value is -1.59. The Morgan fingerprint density at radius 1 is 1.21 bits per heavy atom. The minimum absolute atomic E-state index is 0.0109. The van der Waals surface area contributed by atoms with Crippen LogP contribution in [0.25, 0.3) is 0 Å². The second kappa shape index (κ2) is 8.42. The van der Waals surface area contributed by atoms with Gasteiger partial charge in [-0.15, -0.1) is 0 Å². The number of benzene rings is 1. The van der Waals surface area contributed by atoms with E-state index in [-0.39, 0.29) is 37.3 Å². The number of nitrogens with zero attached hydrogens (tertiary/aromatic N) is 1. The predicted octanol–water partition coefficient (Wildman–Crippen LogP) is 4.22. The molecule has 1 saturated carbocycles. The van der Waals surface area contributed by atoms with Crippen molar-refractivity contribution >= 4 is 23.4 Å². The average molecular weight is 408 g/mol. The molecule has 5 nitrogen and oxygen atoms in total. The fraction of sp³-hybridized carbons (Fsp3) is 0.636. The number of amides is 2. The SMILES string of the molecule is Cc1cc(OCC(O)CN2C(=O)CC3(CCCCC3)C2=O)c(C(C)C)cc1Cl. The molecule has 2 fully saturated rings. The Morgan fingerprint density at radius 3 is 2.54 bits per heavy atom. The van der Waals surface area contributed by atoms with E-state index in [0.29, 0.717) is 10.8 Å². The standard InChI is InChI=1S/C22H30ClNO4/c1-14(2)17-10-18(23)15(3)9-19(17)28-13-16(25)12-24-20(26)11-22(21(24)27)7-5-4-6-8-22/h9-10,14,16,25H,4-8,11-13H2,1-3H3. The second-order valence-electron chi connectivity index (χ2n) is 8.59. The van der Waals surface area contributed by atoms with Gasteiger partial charge in [0.25, 0.3) is 0 Å². The molecule has 1 aromatic carbocycles. The van der Waals surface area contributed by atoms with Crippen LogP contribution < -0.4 is 4.74 Å². The van der Waals surface area contributed by atoms with Crippen LogP contribution in [0.1, 0.15) is 69.4 Å². The van der Waals surface area contributed by atoms with E-state index in [1.807, 2.05) is 19.1 Å². The number of carbonyl (C=O) groups is 2. The molecule has 1 aromatic rings. The third-order valence-corrected chi connectivity index (χ3v) is 6.44. The Labute approximate surface area is 172 Å². The highest BCUT2D eigenvalue weighted by atomic mass is 35.5. The van der Waals surface area contributed by atoms with Gasteiger partial charge in [0.1, 0.15) is 18.5 Å². The van der Waals surface area contributed by atoms with E-state index in [1.54, 1.807) is 0 Å². The van der Waals surface area contributed by atoms with Crippen LogP contribution in [0.2, 0.25) is 5.02 Å². The highest BCUT2D eigenvalue weighted by Gasteiger charge is 2.51. The van der Waals surface area contributed by atoms with E-state index in [2.05, 4.69) is 13.8 Å². The maximum Gasteiger partial charge on any atom is 0.235 e. The molecule has 154 valence electrons. The zero-order chi connectivity index (χ0) is 20.5. The molecule has 1 N–H and O–H groups in total. The quantitative estimate of drug-likeness (QED) is 0.717. The Morgan fingerprint density at radius 2 is 1.89 bits per heavy atom. The normalized spacial score (nSPS) is 20.3. The van der Waals surface area contributed by atoms with Crippen molar-refractivity contribution in [3.8, 4) is 5.75 Å². The van der Waals surface area contributed by atoms with Crippen molar-refractivity contribution in [1.82, 2.24) is 4.90 Å². The molecule has 1 spiro atoms. The average Bonchev–Trinajstić information content (AvgIpc) is 2.86. The zero-order valence-electron chi connectivity index (χ0n) is 17.0. The number of aryl methyl sites for hydroxylation is 1. The number of imide groups is 1. The molecule has 2 amide bonds. The third-order valence-electron chi connectivity index (χ3n) is 6.04. The second-order valence-corrected chi connectivity index (χ2v) is 8.99.